The number of amides is 2. The predicted molar refractivity (Wildman–Crippen MR) is 79.7 cm³/mol. The predicted octanol–water partition coefficient (Wildman–Crippen LogP) is 2.43. The largest absolute Gasteiger partial charge is 0.481 e. The van der Waals surface area contributed by atoms with Gasteiger partial charge in [0.25, 0.3) is 11.8 Å². The van der Waals surface area contributed by atoms with Gasteiger partial charge in [-0.25, -0.2) is 4.39 Å². The van der Waals surface area contributed by atoms with Gasteiger partial charge in [-0.05, 0) is 36.4 Å². The number of benzene rings is 2. The van der Waals surface area contributed by atoms with Crippen molar-refractivity contribution in [2.75, 3.05) is 23.9 Å². The van der Waals surface area contributed by atoms with Crippen molar-refractivity contribution < 1.29 is 18.7 Å². The van der Waals surface area contributed by atoms with Gasteiger partial charge in [-0.2, -0.15) is 0 Å². The van der Waals surface area contributed by atoms with Gasteiger partial charge >= 0.3 is 0 Å². The van der Waals surface area contributed by atoms with Crippen molar-refractivity contribution in [3.05, 3.63) is 53.8 Å². The maximum absolute atomic E-state index is 12.9. The SMILES string of the molecule is CN1C(=O)COc2c(C(=O)Nc3ccc(F)cc3)cccc21. The summed E-state index contributed by atoms with van der Waals surface area (Å²) in [7, 11) is 1.63. The highest BCUT2D eigenvalue weighted by atomic mass is 19.1. The highest BCUT2D eigenvalue weighted by Gasteiger charge is 2.26. The van der Waals surface area contributed by atoms with E-state index in [0.29, 0.717) is 22.7 Å². The van der Waals surface area contributed by atoms with E-state index in [0.717, 1.165) is 0 Å². The zero-order valence-electron chi connectivity index (χ0n) is 11.8. The average molecular weight is 300 g/mol. The lowest BCUT2D eigenvalue weighted by Gasteiger charge is -2.27. The van der Waals surface area contributed by atoms with E-state index in [4.69, 9.17) is 4.74 Å². The van der Waals surface area contributed by atoms with Crippen LogP contribution in [-0.2, 0) is 4.79 Å². The molecule has 6 heteroatoms. The normalized spacial score (nSPS) is 13.4. The van der Waals surface area contributed by atoms with Crippen LogP contribution in [0.25, 0.3) is 0 Å². The number of nitrogens with one attached hydrogen (secondary N) is 1. The highest BCUT2D eigenvalue weighted by molar-refractivity contribution is 6.09. The summed E-state index contributed by atoms with van der Waals surface area (Å²) in [6.07, 6.45) is 0. The topological polar surface area (TPSA) is 58.6 Å². The smallest absolute Gasteiger partial charge is 0.264 e. The number of fused-ring (bicyclic) bond motifs is 1. The Morgan fingerprint density at radius 1 is 1.23 bits per heavy atom. The number of anilines is 2. The molecule has 0 saturated heterocycles. The lowest BCUT2D eigenvalue weighted by atomic mass is 10.1. The first-order chi connectivity index (χ1) is 10.6. The monoisotopic (exact) mass is 300 g/mol. The van der Waals surface area contributed by atoms with Crippen LogP contribution >= 0.6 is 0 Å². The number of ether oxygens (including phenoxy) is 1. The summed E-state index contributed by atoms with van der Waals surface area (Å²) in [4.78, 5) is 25.4. The first-order valence-electron chi connectivity index (χ1n) is 6.65. The number of halogens is 1. The molecule has 2 aromatic carbocycles. The van der Waals surface area contributed by atoms with E-state index in [9.17, 15) is 14.0 Å². The van der Waals surface area contributed by atoms with Gasteiger partial charge < -0.3 is 15.0 Å². The molecular formula is C16H13FN2O3. The van der Waals surface area contributed by atoms with Gasteiger partial charge in [0.2, 0.25) is 0 Å². The molecule has 0 unspecified atom stereocenters. The van der Waals surface area contributed by atoms with E-state index >= 15 is 0 Å². The maximum Gasteiger partial charge on any atom is 0.264 e. The number of carbonyl (C=O) groups is 2. The Kier molecular flexibility index (Phi) is 3.50. The molecular weight excluding hydrogens is 287 g/mol. The van der Waals surface area contributed by atoms with E-state index in [-0.39, 0.29) is 24.2 Å². The second-order valence-corrected chi connectivity index (χ2v) is 4.86. The van der Waals surface area contributed by atoms with Crippen LogP contribution < -0.4 is 15.0 Å². The molecule has 5 nitrogen and oxygen atoms in total. The molecule has 0 radical (unpaired) electrons. The molecule has 1 aliphatic heterocycles. The molecule has 1 heterocycles. The summed E-state index contributed by atoms with van der Waals surface area (Å²) in [5.74, 6) is -0.572. The summed E-state index contributed by atoms with van der Waals surface area (Å²) in [6.45, 7) is -0.107. The highest BCUT2D eigenvalue weighted by Crippen LogP contribution is 2.34. The average Bonchev–Trinajstić information content (AvgIpc) is 2.52. The van der Waals surface area contributed by atoms with Crippen LogP contribution in [0.15, 0.2) is 42.5 Å². The Balaban J connectivity index is 1.90. The van der Waals surface area contributed by atoms with Crippen molar-refractivity contribution in [3.63, 3.8) is 0 Å². The molecule has 3 rings (SSSR count). The summed E-state index contributed by atoms with van der Waals surface area (Å²) in [5.41, 5.74) is 1.34. The maximum atomic E-state index is 12.9. The minimum absolute atomic E-state index is 0.107. The molecule has 0 bridgehead atoms. The standard InChI is InChI=1S/C16H13FN2O3/c1-19-13-4-2-3-12(15(13)22-9-14(19)20)16(21)18-11-7-5-10(17)6-8-11/h2-8H,9H2,1H3,(H,18,21). The number of rotatable bonds is 2. The van der Waals surface area contributed by atoms with Crippen molar-refractivity contribution in [2.45, 2.75) is 0 Å². The van der Waals surface area contributed by atoms with Crippen LogP contribution in [0.1, 0.15) is 10.4 Å². The Morgan fingerprint density at radius 3 is 2.68 bits per heavy atom. The first kappa shape index (κ1) is 14.1. The van der Waals surface area contributed by atoms with E-state index in [1.54, 1.807) is 25.2 Å². The summed E-state index contributed by atoms with van der Waals surface area (Å²) >= 11 is 0. The Hall–Kier alpha value is -2.89. The second kappa shape index (κ2) is 5.48. The van der Waals surface area contributed by atoms with Gasteiger partial charge in [-0.3, -0.25) is 9.59 Å². The van der Waals surface area contributed by atoms with Crippen LogP contribution in [0.5, 0.6) is 5.75 Å². The molecule has 0 aliphatic carbocycles. The molecule has 112 valence electrons. The van der Waals surface area contributed by atoms with E-state index in [2.05, 4.69) is 5.32 Å². The van der Waals surface area contributed by atoms with Crippen molar-refractivity contribution in [1.82, 2.24) is 0 Å². The Labute approximate surface area is 126 Å². The molecule has 0 aromatic heterocycles. The second-order valence-electron chi connectivity index (χ2n) is 4.86. The van der Waals surface area contributed by atoms with Crippen LogP contribution in [0.2, 0.25) is 0 Å². The van der Waals surface area contributed by atoms with Crippen LogP contribution in [0.3, 0.4) is 0 Å². The van der Waals surface area contributed by atoms with Gasteiger partial charge in [0, 0.05) is 12.7 Å². The zero-order chi connectivity index (χ0) is 15.7. The van der Waals surface area contributed by atoms with Crippen molar-refractivity contribution in [1.29, 1.82) is 0 Å². The zero-order valence-corrected chi connectivity index (χ0v) is 11.8. The molecule has 0 spiro atoms. The van der Waals surface area contributed by atoms with E-state index in [1.165, 1.54) is 29.2 Å². The molecule has 0 fully saturated rings. The first-order valence-corrected chi connectivity index (χ1v) is 6.65. The third kappa shape index (κ3) is 2.50. The Bertz CT molecular complexity index is 744. The van der Waals surface area contributed by atoms with Crippen LogP contribution in [-0.4, -0.2) is 25.5 Å². The minimum Gasteiger partial charge on any atom is -0.481 e. The third-order valence-corrected chi connectivity index (χ3v) is 3.42. The van der Waals surface area contributed by atoms with E-state index in [1.807, 2.05) is 0 Å². The molecule has 2 amide bonds. The van der Waals surface area contributed by atoms with Crippen molar-refractivity contribution >= 4 is 23.2 Å². The number of hydrogen-bond acceptors (Lipinski definition) is 3. The number of hydrogen-bond donors (Lipinski definition) is 1. The molecule has 1 aliphatic rings. The fourth-order valence-electron chi connectivity index (χ4n) is 2.22. The molecule has 22 heavy (non-hydrogen) atoms. The van der Waals surface area contributed by atoms with Crippen LogP contribution in [0.4, 0.5) is 15.8 Å². The lowest BCUT2D eigenvalue weighted by Crippen LogP contribution is -2.36. The summed E-state index contributed by atoms with van der Waals surface area (Å²) < 4.78 is 18.3. The molecule has 1 N–H and O–H groups in total. The molecule has 2 aromatic rings. The number of likely N-dealkylation sites (N-methyl/N-ethyl adjacent to an activating group) is 1. The Morgan fingerprint density at radius 2 is 1.95 bits per heavy atom. The number of carbonyl (C=O) groups excluding carboxylic acids is 2. The fraction of sp³-hybridized carbons (Fsp3) is 0.125. The van der Waals surface area contributed by atoms with Gasteiger partial charge in [-0.15, -0.1) is 0 Å². The summed E-state index contributed by atoms with van der Waals surface area (Å²) in [5, 5.41) is 2.67. The molecule has 0 saturated carbocycles. The van der Waals surface area contributed by atoms with Gasteiger partial charge in [0.1, 0.15) is 5.82 Å². The number of nitrogens with zero attached hydrogens (tertiary/aromatic N) is 1. The van der Waals surface area contributed by atoms with Crippen LogP contribution in [0, 0.1) is 5.82 Å². The van der Waals surface area contributed by atoms with Gasteiger partial charge in [0.15, 0.2) is 12.4 Å². The van der Waals surface area contributed by atoms with E-state index < -0.39 is 0 Å². The number of para-hydroxylation sites is 1. The third-order valence-electron chi connectivity index (χ3n) is 3.42. The summed E-state index contributed by atoms with van der Waals surface area (Å²) in [6, 6.07) is 10.5. The van der Waals surface area contributed by atoms with Gasteiger partial charge in [-0.1, -0.05) is 6.07 Å². The lowest BCUT2D eigenvalue weighted by molar-refractivity contribution is -0.121. The van der Waals surface area contributed by atoms with Crippen molar-refractivity contribution in [3.8, 4) is 5.75 Å². The fourth-order valence-corrected chi connectivity index (χ4v) is 2.22. The van der Waals surface area contributed by atoms with Gasteiger partial charge in [0.05, 0.1) is 11.3 Å². The molecule has 0 atom stereocenters. The van der Waals surface area contributed by atoms with Crippen molar-refractivity contribution in [2.24, 2.45) is 0 Å². The minimum atomic E-state index is -0.383. The quantitative estimate of drug-likeness (QED) is 0.926.